The number of aromatic hydroxyl groups is 1. The van der Waals surface area contributed by atoms with Crippen LogP contribution in [0.4, 0.5) is 0 Å². The van der Waals surface area contributed by atoms with E-state index in [4.69, 9.17) is 4.42 Å². The summed E-state index contributed by atoms with van der Waals surface area (Å²) in [7, 11) is 0. The Kier molecular flexibility index (Phi) is 2.60. The summed E-state index contributed by atoms with van der Waals surface area (Å²) in [5, 5.41) is 10.0. The lowest BCUT2D eigenvalue weighted by Crippen LogP contribution is -2.07. The highest BCUT2D eigenvalue weighted by molar-refractivity contribution is 5.85. The molecule has 0 aliphatic rings. The molecule has 3 nitrogen and oxygen atoms in total. The van der Waals surface area contributed by atoms with Crippen molar-refractivity contribution in [3.63, 3.8) is 0 Å². The Morgan fingerprint density at radius 1 is 1.00 bits per heavy atom. The van der Waals surface area contributed by atoms with Crippen molar-refractivity contribution in [1.29, 1.82) is 0 Å². The van der Waals surface area contributed by atoms with Crippen LogP contribution >= 0.6 is 0 Å². The van der Waals surface area contributed by atoms with E-state index < -0.39 is 0 Å². The largest absolute Gasteiger partial charge is 0.507 e. The lowest BCUT2D eigenvalue weighted by molar-refractivity contribution is 0.479. The molecule has 2 aromatic carbocycles. The van der Waals surface area contributed by atoms with Gasteiger partial charge in [-0.25, -0.2) is 0 Å². The Hall–Kier alpha value is -2.55. The van der Waals surface area contributed by atoms with Gasteiger partial charge in [0.2, 0.25) is 0 Å². The average Bonchev–Trinajstić information content (AvgIpc) is 2.43. The molecule has 3 heteroatoms. The van der Waals surface area contributed by atoms with Crippen LogP contribution in [0, 0.1) is 6.92 Å². The van der Waals surface area contributed by atoms with Gasteiger partial charge in [0, 0.05) is 11.1 Å². The summed E-state index contributed by atoms with van der Waals surface area (Å²) in [4.78, 5) is 12.3. The number of rotatable bonds is 1. The first-order chi connectivity index (χ1) is 9.18. The predicted molar refractivity (Wildman–Crippen MR) is 74.3 cm³/mol. The number of phenols is 1. The molecule has 0 aliphatic carbocycles. The summed E-state index contributed by atoms with van der Waals surface area (Å²) in [5.41, 5.74) is 1.55. The van der Waals surface area contributed by atoms with E-state index in [1.807, 2.05) is 30.3 Å². The quantitative estimate of drug-likeness (QED) is 0.721. The molecule has 0 spiro atoms. The first-order valence-electron chi connectivity index (χ1n) is 5.99. The second-order valence-electron chi connectivity index (χ2n) is 4.40. The van der Waals surface area contributed by atoms with Gasteiger partial charge < -0.3 is 9.52 Å². The van der Waals surface area contributed by atoms with E-state index in [9.17, 15) is 9.90 Å². The maximum Gasteiger partial charge on any atom is 0.199 e. The maximum atomic E-state index is 12.3. The van der Waals surface area contributed by atoms with Crippen molar-refractivity contribution in [2.45, 2.75) is 6.92 Å². The maximum absolute atomic E-state index is 12.3. The molecule has 3 rings (SSSR count). The Morgan fingerprint density at radius 2 is 1.74 bits per heavy atom. The molecule has 0 bridgehead atoms. The third kappa shape index (κ3) is 1.80. The predicted octanol–water partition coefficient (Wildman–Crippen LogP) is 3.47. The molecule has 19 heavy (non-hydrogen) atoms. The van der Waals surface area contributed by atoms with E-state index in [0.717, 1.165) is 5.56 Å². The van der Waals surface area contributed by atoms with Crippen LogP contribution in [0.25, 0.3) is 22.3 Å². The molecular weight excluding hydrogens is 240 g/mol. The van der Waals surface area contributed by atoms with Gasteiger partial charge in [-0.1, -0.05) is 36.4 Å². The highest BCUT2D eigenvalue weighted by Crippen LogP contribution is 2.28. The highest BCUT2D eigenvalue weighted by atomic mass is 16.3. The fraction of sp³-hybridized carbons (Fsp3) is 0.0625. The lowest BCUT2D eigenvalue weighted by atomic mass is 10.1. The molecule has 0 atom stereocenters. The van der Waals surface area contributed by atoms with E-state index in [-0.39, 0.29) is 16.6 Å². The monoisotopic (exact) mass is 252 g/mol. The minimum absolute atomic E-state index is 0.0473. The van der Waals surface area contributed by atoms with E-state index in [2.05, 4.69) is 0 Å². The summed E-state index contributed by atoms with van der Waals surface area (Å²) in [6, 6.07) is 14.3. The fourth-order valence-electron chi connectivity index (χ4n) is 2.17. The van der Waals surface area contributed by atoms with Gasteiger partial charge in [-0.05, 0) is 19.1 Å². The summed E-state index contributed by atoms with van der Waals surface area (Å²) < 4.78 is 5.78. The van der Waals surface area contributed by atoms with E-state index in [0.29, 0.717) is 16.9 Å². The summed E-state index contributed by atoms with van der Waals surface area (Å²) >= 11 is 0. The minimum atomic E-state index is -0.196. The van der Waals surface area contributed by atoms with Crippen LogP contribution in [0.15, 0.2) is 57.7 Å². The Balaban J connectivity index is 2.41. The molecule has 3 aromatic rings. The van der Waals surface area contributed by atoms with Gasteiger partial charge in [0.05, 0.1) is 0 Å². The Labute approximate surface area is 109 Å². The zero-order chi connectivity index (χ0) is 13.4. The Morgan fingerprint density at radius 3 is 2.47 bits per heavy atom. The standard InChI is InChI=1S/C16H12O3/c1-10-15(18)14-12(17)8-5-9-13(14)19-16(10)11-6-3-2-4-7-11/h2-9,17H,1H3. The van der Waals surface area contributed by atoms with E-state index in [1.165, 1.54) is 6.07 Å². The van der Waals surface area contributed by atoms with Gasteiger partial charge in [-0.3, -0.25) is 4.79 Å². The normalized spacial score (nSPS) is 10.8. The van der Waals surface area contributed by atoms with E-state index >= 15 is 0 Å². The number of phenolic OH excluding ortho intramolecular Hbond substituents is 1. The van der Waals surface area contributed by atoms with Crippen molar-refractivity contribution in [1.82, 2.24) is 0 Å². The van der Waals surface area contributed by atoms with Gasteiger partial charge in [0.15, 0.2) is 5.43 Å². The zero-order valence-electron chi connectivity index (χ0n) is 10.4. The van der Waals surface area contributed by atoms with Crippen molar-refractivity contribution < 1.29 is 9.52 Å². The van der Waals surface area contributed by atoms with Gasteiger partial charge in [-0.2, -0.15) is 0 Å². The molecule has 1 heterocycles. The molecule has 94 valence electrons. The zero-order valence-corrected chi connectivity index (χ0v) is 10.4. The Bertz CT molecular complexity index is 801. The minimum Gasteiger partial charge on any atom is -0.507 e. The molecule has 0 fully saturated rings. The number of hydrogen-bond acceptors (Lipinski definition) is 3. The van der Waals surface area contributed by atoms with Crippen molar-refractivity contribution in [2.75, 3.05) is 0 Å². The topological polar surface area (TPSA) is 50.4 Å². The van der Waals surface area contributed by atoms with Crippen molar-refractivity contribution in [3.8, 4) is 17.1 Å². The second kappa shape index (κ2) is 4.28. The van der Waals surface area contributed by atoms with Gasteiger partial charge in [0.1, 0.15) is 22.5 Å². The van der Waals surface area contributed by atoms with Crippen LogP contribution < -0.4 is 5.43 Å². The molecular formula is C16H12O3. The molecule has 0 amide bonds. The third-order valence-corrected chi connectivity index (χ3v) is 3.16. The van der Waals surface area contributed by atoms with Crippen LogP contribution in [0.5, 0.6) is 5.75 Å². The SMILES string of the molecule is Cc1c(-c2ccccc2)oc2cccc(O)c2c1=O. The van der Waals surface area contributed by atoms with Gasteiger partial charge in [0.25, 0.3) is 0 Å². The van der Waals surface area contributed by atoms with Crippen LogP contribution in [-0.4, -0.2) is 5.11 Å². The number of benzene rings is 2. The molecule has 0 unspecified atom stereocenters. The van der Waals surface area contributed by atoms with Crippen molar-refractivity contribution in [2.24, 2.45) is 0 Å². The first kappa shape index (κ1) is 11.5. The molecule has 0 saturated carbocycles. The summed E-state index contributed by atoms with van der Waals surface area (Å²) in [6.07, 6.45) is 0. The molecule has 1 aromatic heterocycles. The first-order valence-corrected chi connectivity index (χ1v) is 5.99. The molecule has 1 N–H and O–H groups in total. The third-order valence-electron chi connectivity index (χ3n) is 3.16. The second-order valence-corrected chi connectivity index (χ2v) is 4.40. The van der Waals surface area contributed by atoms with Crippen molar-refractivity contribution in [3.05, 3.63) is 64.3 Å². The summed E-state index contributed by atoms with van der Waals surface area (Å²) in [5.74, 6) is 0.498. The van der Waals surface area contributed by atoms with Crippen LogP contribution in [0.3, 0.4) is 0 Å². The average molecular weight is 252 g/mol. The number of fused-ring (bicyclic) bond motifs is 1. The van der Waals surface area contributed by atoms with Crippen LogP contribution in [-0.2, 0) is 0 Å². The van der Waals surface area contributed by atoms with Crippen molar-refractivity contribution >= 4 is 11.0 Å². The smallest absolute Gasteiger partial charge is 0.199 e. The highest BCUT2D eigenvalue weighted by Gasteiger charge is 2.14. The number of hydrogen-bond donors (Lipinski definition) is 1. The molecule has 0 aliphatic heterocycles. The van der Waals surface area contributed by atoms with Gasteiger partial charge >= 0.3 is 0 Å². The summed E-state index contributed by atoms with van der Waals surface area (Å²) in [6.45, 7) is 1.71. The fourth-order valence-corrected chi connectivity index (χ4v) is 2.17. The van der Waals surface area contributed by atoms with Gasteiger partial charge in [-0.15, -0.1) is 0 Å². The van der Waals surface area contributed by atoms with E-state index in [1.54, 1.807) is 19.1 Å². The van der Waals surface area contributed by atoms with Crippen LogP contribution in [0.1, 0.15) is 5.56 Å². The lowest BCUT2D eigenvalue weighted by Gasteiger charge is -2.07. The molecule has 0 radical (unpaired) electrons. The molecule has 0 saturated heterocycles. The van der Waals surface area contributed by atoms with Crippen LogP contribution in [0.2, 0.25) is 0 Å².